The van der Waals surface area contributed by atoms with Crippen molar-refractivity contribution in [3.63, 3.8) is 0 Å². The topological polar surface area (TPSA) is 47.4 Å². The molecule has 0 bridgehead atoms. The molecule has 2 aromatic heterocycles. The molecule has 1 saturated heterocycles. The molecule has 1 unspecified atom stereocenters. The van der Waals surface area contributed by atoms with E-state index in [1.807, 2.05) is 29.0 Å². The van der Waals surface area contributed by atoms with Crippen molar-refractivity contribution < 1.29 is 4.74 Å². The van der Waals surface area contributed by atoms with Crippen LogP contribution in [0.15, 0.2) is 71.7 Å². The van der Waals surface area contributed by atoms with Crippen molar-refractivity contribution in [2.75, 3.05) is 25.1 Å². The van der Waals surface area contributed by atoms with Gasteiger partial charge in [0.1, 0.15) is 0 Å². The molecule has 2 atom stereocenters. The molecular weight excluding hydrogens is 398 g/mol. The second-order valence-corrected chi connectivity index (χ2v) is 9.03. The summed E-state index contributed by atoms with van der Waals surface area (Å²) < 4.78 is 7.47. The Morgan fingerprint density at radius 2 is 1.75 bits per heavy atom. The first-order chi connectivity index (χ1) is 15.7. The van der Waals surface area contributed by atoms with Gasteiger partial charge >= 0.3 is 0 Å². The van der Waals surface area contributed by atoms with Crippen molar-refractivity contribution in [3.05, 3.63) is 82.9 Å². The van der Waals surface area contributed by atoms with Crippen molar-refractivity contribution in [2.45, 2.75) is 37.3 Å². The van der Waals surface area contributed by atoms with E-state index >= 15 is 0 Å². The third kappa shape index (κ3) is 3.28. The SMILES string of the molecule is COC1CCN(c2cccc3ccn([C@@H]4CC4c4ccc5ccccc5n4)c(=O)c23)CC1. The Hall–Kier alpha value is -3.18. The number of rotatable bonds is 4. The second kappa shape index (κ2) is 7.75. The quantitative estimate of drug-likeness (QED) is 0.467. The maximum Gasteiger partial charge on any atom is 0.260 e. The number of piperidine rings is 1. The molecule has 4 aromatic rings. The summed E-state index contributed by atoms with van der Waals surface area (Å²) in [7, 11) is 1.79. The molecule has 1 aliphatic heterocycles. The number of benzene rings is 2. The fourth-order valence-corrected chi connectivity index (χ4v) is 5.24. The minimum atomic E-state index is 0.111. The van der Waals surface area contributed by atoms with Crippen LogP contribution in [-0.2, 0) is 4.74 Å². The lowest BCUT2D eigenvalue weighted by Crippen LogP contribution is -2.37. The Kier molecular flexibility index (Phi) is 4.72. The van der Waals surface area contributed by atoms with E-state index in [-0.39, 0.29) is 11.6 Å². The summed E-state index contributed by atoms with van der Waals surface area (Å²) in [6.45, 7) is 1.83. The maximum atomic E-state index is 13.7. The fourth-order valence-electron chi connectivity index (χ4n) is 5.24. The van der Waals surface area contributed by atoms with Crippen LogP contribution in [-0.4, -0.2) is 35.9 Å². The predicted octanol–water partition coefficient (Wildman–Crippen LogP) is 4.89. The predicted molar refractivity (Wildman–Crippen MR) is 129 cm³/mol. The van der Waals surface area contributed by atoms with Crippen molar-refractivity contribution >= 4 is 27.4 Å². The van der Waals surface area contributed by atoms with E-state index in [0.717, 1.165) is 65.4 Å². The third-order valence-corrected chi connectivity index (χ3v) is 7.17. The number of anilines is 1. The zero-order valence-electron chi connectivity index (χ0n) is 18.3. The van der Waals surface area contributed by atoms with Crippen LogP contribution in [0.25, 0.3) is 21.7 Å². The summed E-state index contributed by atoms with van der Waals surface area (Å²) in [6, 6.07) is 20.9. The van der Waals surface area contributed by atoms with Gasteiger partial charge in [-0.25, -0.2) is 0 Å². The van der Waals surface area contributed by atoms with Gasteiger partial charge in [0.2, 0.25) is 0 Å². The first kappa shape index (κ1) is 19.5. The molecule has 5 nitrogen and oxygen atoms in total. The first-order valence-electron chi connectivity index (χ1n) is 11.5. The lowest BCUT2D eigenvalue weighted by atomic mass is 10.0. The molecule has 0 spiro atoms. The number of aromatic nitrogens is 2. The number of hydrogen-bond donors (Lipinski definition) is 0. The van der Waals surface area contributed by atoms with E-state index in [9.17, 15) is 4.79 Å². The number of para-hydroxylation sites is 1. The smallest absolute Gasteiger partial charge is 0.260 e. The molecule has 32 heavy (non-hydrogen) atoms. The molecular formula is C27H27N3O2. The maximum absolute atomic E-state index is 13.7. The molecule has 2 aliphatic rings. The fraction of sp³-hybridized carbons (Fsp3) is 0.333. The normalized spacial score (nSPS) is 21.3. The lowest BCUT2D eigenvalue weighted by molar-refractivity contribution is 0.0819. The monoisotopic (exact) mass is 425 g/mol. The zero-order chi connectivity index (χ0) is 21.7. The van der Waals surface area contributed by atoms with Crippen molar-refractivity contribution in [1.82, 2.24) is 9.55 Å². The van der Waals surface area contributed by atoms with Crippen LogP contribution in [0.1, 0.15) is 36.9 Å². The van der Waals surface area contributed by atoms with Gasteiger partial charge in [0.25, 0.3) is 5.56 Å². The molecule has 0 N–H and O–H groups in total. The molecule has 162 valence electrons. The summed E-state index contributed by atoms with van der Waals surface area (Å²) in [5.74, 6) is 0.291. The van der Waals surface area contributed by atoms with E-state index in [1.165, 1.54) is 0 Å². The van der Waals surface area contributed by atoms with Gasteiger partial charge in [0.05, 0.1) is 22.7 Å². The number of ether oxygens (including phenoxy) is 1. The highest BCUT2D eigenvalue weighted by molar-refractivity contribution is 5.93. The number of fused-ring (bicyclic) bond motifs is 2. The van der Waals surface area contributed by atoms with Crippen molar-refractivity contribution in [2.24, 2.45) is 0 Å². The Morgan fingerprint density at radius 1 is 0.938 bits per heavy atom. The second-order valence-electron chi connectivity index (χ2n) is 9.03. The Labute approximate surface area is 187 Å². The first-order valence-corrected chi connectivity index (χ1v) is 11.5. The highest BCUT2D eigenvalue weighted by atomic mass is 16.5. The third-order valence-electron chi connectivity index (χ3n) is 7.17. The van der Waals surface area contributed by atoms with Gasteiger partial charge < -0.3 is 14.2 Å². The van der Waals surface area contributed by atoms with E-state index in [1.54, 1.807) is 7.11 Å². The summed E-state index contributed by atoms with van der Waals surface area (Å²) in [5, 5.41) is 3.00. The molecule has 1 saturated carbocycles. The minimum Gasteiger partial charge on any atom is -0.381 e. The van der Waals surface area contributed by atoms with Crippen LogP contribution >= 0.6 is 0 Å². The molecule has 0 radical (unpaired) electrons. The van der Waals surface area contributed by atoms with E-state index < -0.39 is 0 Å². The summed E-state index contributed by atoms with van der Waals surface area (Å²) in [5.41, 5.74) is 3.26. The highest BCUT2D eigenvalue weighted by Gasteiger charge is 2.41. The van der Waals surface area contributed by atoms with Crippen LogP contribution in [0.3, 0.4) is 0 Å². The highest BCUT2D eigenvalue weighted by Crippen LogP contribution is 2.50. The molecule has 3 heterocycles. The number of nitrogens with zero attached hydrogens (tertiary/aromatic N) is 3. The standard InChI is InChI=1S/C27H27N3O2/c1-32-20-12-14-29(15-13-20)24-8-4-6-19-11-16-30(27(31)26(19)24)25-17-21(25)23-10-9-18-5-2-3-7-22(18)28-23/h2-11,16,20-21,25H,12-15,17H2,1H3/t21?,25-/m1/s1. The van der Waals surface area contributed by atoms with E-state index in [4.69, 9.17) is 9.72 Å². The summed E-state index contributed by atoms with van der Waals surface area (Å²) in [4.78, 5) is 20.9. The minimum absolute atomic E-state index is 0.111. The average Bonchev–Trinajstić information content (AvgIpc) is 3.64. The molecule has 2 aromatic carbocycles. The van der Waals surface area contributed by atoms with Gasteiger partial charge in [-0.1, -0.05) is 36.4 Å². The Balaban J connectivity index is 1.34. The van der Waals surface area contributed by atoms with Gasteiger partial charge in [-0.2, -0.15) is 0 Å². The van der Waals surface area contributed by atoms with Crippen LogP contribution in [0.4, 0.5) is 5.69 Å². The van der Waals surface area contributed by atoms with Crippen LogP contribution < -0.4 is 10.5 Å². The largest absolute Gasteiger partial charge is 0.381 e. The van der Waals surface area contributed by atoms with E-state index in [0.29, 0.717) is 12.0 Å². The average molecular weight is 426 g/mol. The summed E-state index contributed by atoms with van der Waals surface area (Å²) in [6.07, 6.45) is 5.23. The summed E-state index contributed by atoms with van der Waals surface area (Å²) >= 11 is 0. The van der Waals surface area contributed by atoms with Gasteiger partial charge in [0.15, 0.2) is 0 Å². The van der Waals surface area contributed by atoms with Crippen molar-refractivity contribution in [1.29, 1.82) is 0 Å². The van der Waals surface area contributed by atoms with Crippen LogP contribution in [0.2, 0.25) is 0 Å². The zero-order valence-corrected chi connectivity index (χ0v) is 18.3. The van der Waals surface area contributed by atoms with Gasteiger partial charge in [-0.3, -0.25) is 9.78 Å². The van der Waals surface area contributed by atoms with Crippen LogP contribution in [0.5, 0.6) is 0 Å². The van der Waals surface area contributed by atoms with Crippen LogP contribution in [0, 0.1) is 0 Å². The molecule has 1 aliphatic carbocycles. The van der Waals surface area contributed by atoms with Gasteiger partial charge in [0, 0.05) is 49.4 Å². The number of methoxy groups -OCH3 is 1. The molecule has 2 fully saturated rings. The number of hydrogen-bond acceptors (Lipinski definition) is 4. The Bertz CT molecular complexity index is 1350. The van der Waals surface area contributed by atoms with Crippen molar-refractivity contribution in [3.8, 4) is 0 Å². The van der Waals surface area contributed by atoms with Gasteiger partial charge in [-0.15, -0.1) is 0 Å². The van der Waals surface area contributed by atoms with E-state index in [2.05, 4.69) is 47.4 Å². The van der Waals surface area contributed by atoms with Gasteiger partial charge in [-0.05, 0) is 48.9 Å². The number of pyridine rings is 2. The Morgan fingerprint density at radius 3 is 2.59 bits per heavy atom. The molecule has 5 heteroatoms. The molecule has 0 amide bonds. The molecule has 6 rings (SSSR count). The lowest BCUT2D eigenvalue weighted by Gasteiger charge is -2.33.